The zero-order valence-electron chi connectivity index (χ0n) is 15.4. The first kappa shape index (κ1) is 20.0. The smallest absolute Gasteiger partial charge is 0.197 e. The van der Waals surface area contributed by atoms with Crippen molar-refractivity contribution >= 4 is 34.2 Å². The van der Waals surface area contributed by atoms with Crippen LogP contribution in [0.4, 0.5) is 0 Å². The van der Waals surface area contributed by atoms with Gasteiger partial charge in [0.25, 0.3) is 0 Å². The zero-order valence-corrected chi connectivity index (χ0v) is 16.9. The number of aromatic hydroxyl groups is 2. The van der Waals surface area contributed by atoms with E-state index in [0.29, 0.717) is 30.6 Å². The quantitative estimate of drug-likeness (QED) is 0.528. The Morgan fingerprint density at radius 2 is 1.83 bits per heavy atom. The van der Waals surface area contributed by atoms with Gasteiger partial charge in [-0.25, -0.2) is 4.98 Å². The molecule has 4 rings (SSSR count). The number of fused-ring (bicyclic) bond motifs is 1. The van der Waals surface area contributed by atoms with Crippen LogP contribution in [0.3, 0.4) is 0 Å². The zero-order chi connectivity index (χ0) is 20.9. The van der Waals surface area contributed by atoms with Gasteiger partial charge in [0.15, 0.2) is 5.43 Å². The van der Waals surface area contributed by atoms with Crippen LogP contribution in [0.5, 0.6) is 11.5 Å². The molecule has 0 amide bonds. The number of rotatable bonds is 2. The highest BCUT2D eigenvalue weighted by atomic mass is 35.5. The molecule has 1 aliphatic rings. The van der Waals surface area contributed by atoms with Crippen LogP contribution in [-0.2, 0) is 0 Å². The number of halogens is 2. The molecule has 0 unspecified atom stereocenters. The topological polar surface area (TPSA) is 107 Å². The number of aliphatic hydroxyl groups is 1. The molecule has 2 aromatic heterocycles. The Hall–Kier alpha value is -2.32. The van der Waals surface area contributed by atoms with Gasteiger partial charge >= 0.3 is 0 Å². The molecule has 0 radical (unpaired) electrons. The SMILES string of the molecule is CN1CC[C@H](c2c(O)cc(O)c3c(=O)cc(-c4cc(Cl)nc(Cl)c4)oc23)[C@H](O)C1. The van der Waals surface area contributed by atoms with E-state index in [1.807, 2.05) is 11.9 Å². The van der Waals surface area contributed by atoms with E-state index in [4.69, 9.17) is 27.6 Å². The summed E-state index contributed by atoms with van der Waals surface area (Å²) in [5, 5.41) is 31.6. The fourth-order valence-corrected chi connectivity index (χ4v) is 4.32. The summed E-state index contributed by atoms with van der Waals surface area (Å²) in [7, 11) is 1.89. The minimum absolute atomic E-state index is 0.0302. The van der Waals surface area contributed by atoms with Gasteiger partial charge in [-0.1, -0.05) is 23.2 Å². The molecular formula is C20H18Cl2N2O5. The van der Waals surface area contributed by atoms with Crippen LogP contribution in [0.2, 0.25) is 10.3 Å². The molecule has 152 valence electrons. The lowest BCUT2D eigenvalue weighted by molar-refractivity contribution is 0.0631. The number of aromatic nitrogens is 1. The van der Waals surface area contributed by atoms with Crippen molar-refractivity contribution < 1.29 is 19.7 Å². The monoisotopic (exact) mass is 436 g/mol. The first-order valence-corrected chi connectivity index (χ1v) is 9.73. The number of phenols is 2. The largest absolute Gasteiger partial charge is 0.507 e. The number of nitrogens with zero attached hydrogens (tertiary/aromatic N) is 2. The van der Waals surface area contributed by atoms with Crippen molar-refractivity contribution in [3.05, 3.63) is 50.4 Å². The lowest BCUT2D eigenvalue weighted by Crippen LogP contribution is -2.40. The lowest BCUT2D eigenvalue weighted by Gasteiger charge is -2.34. The minimum atomic E-state index is -0.772. The average Bonchev–Trinajstić information content (AvgIpc) is 2.61. The molecular weight excluding hydrogens is 419 g/mol. The Kier molecular flexibility index (Phi) is 5.16. The Bertz CT molecular complexity index is 1140. The maximum atomic E-state index is 12.8. The summed E-state index contributed by atoms with van der Waals surface area (Å²) in [6.07, 6.45) is -0.224. The molecule has 3 heterocycles. The van der Waals surface area contributed by atoms with E-state index in [9.17, 15) is 20.1 Å². The third-order valence-electron chi connectivity index (χ3n) is 5.20. The molecule has 7 nitrogen and oxygen atoms in total. The summed E-state index contributed by atoms with van der Waals surface area (Å²) >= 11 is 11.9. The molecule has 1 aliphatic heterocycles. The van der Waals surface area contributed by atoms with Gasteiger partial charge in [0.2, 0.25) is 0 Å². The van der Waals surface area contributed by atoms with Gasteiger partial charge in [0.1, 0.15) is 38.5 Å². The molecule has 3 N–H and O–H groups in total. The van der Waals surface area contributed by atoms with Crippen molar-refractivity contribution in [2.24, 2.45) is 0 Å². The lowest BCUT2D eigenvalue weighted by atomic mass is 9.85. The van der Waals surface area contributed by atoms with E-state index < -0.39 is 23.2 Å². The fourth-order valence-electron chi connectivity index (χ4n) is 3.86. The summed E-state index contributed by atoms with van der Waals surface area (Å²) in [6.45, 7) is 1.11. The highest BCUT2D eigenvalue weighted by Gasteiger charge is 2.33. The predicted molar refractivity (Wildman–Crippen MR) is 110 cm³/mol. The van der Waals surface area contributed by atoms with Crippen LogP contribution < -0.4 is 5.43 Å². The highest BCUT2D eigenvalue weighted by Crippen LogP contribution is 2.42. The third-order valence-corrected chi connectivity index (χ3v) is 5.59. The van der Waals surface area contributed by atoms with Crippen LogP contribution in [0.25, 0.3) is 22.3 Å². The number of hydrogen-bond acceptors (Lipinski definition) is 7. The second-order valence-corrected chi connectivity index (χ2v) is 8.01. The van der Waals surface area contributed by atoms with Gasteiger partial charge in [-0.2, -0.15) is 0 Å². The van der Waals surface area contributed by atoms with E-state index in [1.54, 1.807) is 0 Å². The van der Waals surface area contributed by atoms with Gasteiger partial charge in [-0.3, -0.25) is 4.79 Å². The maximum absolute atomic E-state index is 12.8. The second-order valence-electron chi connectivity index (χ2n) is 7.23. The van der Waals surface area contributed by atoms with Gasteiger partial charge in [0, 0.05) is 35.7 Å². The number of phenolic OH excluding ortho intramolecular Hbond substituents is 2. The molecule has 0 saturated carbocycles. The third kappa shape index (κ3) is 3.67. The van der Waals surface area contributed by atoms with Crippen molar-refractivity contribution in [3.8, 4) is 22.8 Å². The number of β-amino-alcohol motifs (C(OH)–C–C–N with tert-alkyl or cyclic N) is 1. The van der Waals surface area contributed by atoms with Crippen LogP contribution in [0, 0.1) is 0 Å². The van der Waals surface area contributed by atoms with Gasteiger partial charge in [-0.15, -0.1) is 0 Å². The molecule has 29 heavy (non-hydrogen) atoms. The molecule has 1 saturated heterocycles. The van der Waals surface area contributed by atoms with Gasteiger partial charge in [-0.05, 0) is 32.1 Å². The molecule has 2 atom stereocenters. The molecule has 0 spiro atoms. The van der Waals surface area contributed by atoms with Crippen molar-refractivity contribution in [1.29, 1.82) is 0 Å². The van der Waals surface area contributed by atoms with E-state index in [-0.39, 0.29) is 32.8 Å². The molecule has 1 aromatic carbocycles. The number of likely N-dealkylation sites (tertiary alicyclic amines) is 1. The van der Waals surface area contributed by atoms with Gasteiger partial charge < -0.3 is 24.6 Å². The summed E-state index contributed by atoms with van der Waals surface area (Å²) in [4.78, 5) is 18.6. The Morgan fingerprint density at radius 1 is 1.14 bits per heavy atom. The highest BCUT2D eigenvalue weighted by molar-refractivity contribution is 6.32. The van der Waals surface area contributed by atoms with E-state index in [1.165, 1.54) is 18.2 Å². The maximum Gasteiger partial charge on any atom is 0.197 e. The first-order chi connectivity index (χ1) is 13.7. The average molecular weight is 437 g/mol. The summed E-state index contributed by atoms with van der Waals surface area (Å²) < 4.78 is 5.97. The predicted octanol–water partition coefficient (Wildman–Crippen LogP) is 3.35. The molecule has 1 fully saturated rings. The van der Waals surface area contributed by atoms with Crippen molar-refractivity contribution in [2.45, 2.75) is 18.4 Å². The van der Waals surface area contributed by atoms with Crippen LogP contribution in [-0.4, -0.2) is 51.4 Å². The van der Waals surface area contributed by atoms with E-state index in [2.05, 4.69) is 4.98 Å². The Balaban J connectivity index is 1.99. The number of pyridine rings is 1. The summed E-state index contributed by atoms with van der Waals surface area (Å²) in [6, 6.07) is 5.31. The Labute approximate surface area is 175 Å². The minimum Gasteiger partial charge on any atom is -0.507 e. The van der Waals surface area contributed by atoms with Gasteiger partial charge in [0.05, 0.1) is 6.10 Å². The molecule has 0 bridgehead atoms. The molecule has 0 aliphatic carbocycles. The number of aliphatic hydroxyl groups excluding tert-OH is 1. The number of likely N-dealkylation sites (N-methyl/N-ethyl adjacent to an activating group) is 1. The van der Waals surface area contributed by atoms with E-state index >= 15 is 0 Å². The normalized spacial score (nSPS) is 20.3. The van der Waals surface area contributed by atoms with Crippen molar-refractivity contribution in [1.82, 2.24) is 9.88 Å². The van der Waals surface area contributed by atoms with Crippen LogP contribution in [0.1, 0.15) is 17.9 Å². The summed E-state index contributed by atoms with van der Waals surface area (Å²) in [5.41, 5.74) is 0.254. The molecule has 9 heteroatoms. The standard InChI is InChI=1S/C20H18Cl2N2O5/c1-24-3-2-10(14(28)8-24)18-11(25)6-12(26)19-13(27)7-15(29-20(18)19)9-4-16(21)23-17(22)5-9/h4-7,10,14,25-26,28H,2-3,8H2,1H3/t10-,14+/m0/s1. The van der Waals surface area contributed by atoms with Crippen LogP contribution in [0.15, 0.2) is 33.5 Å². The summed E-state index contributed by atoms with van der Waals surface area (Å²) in [5.74, 6) is -0.941. The fraction of sp³-hybridized carbons (Fsp3) is 0.300. The van der Waals surface area contributed by atoms with Crippen molar-refractivity contribution in [3.63, 3.8) is 0 Å². The number of piperidine rings is 1. The number of hydrogen-bond donors (Lipinski definition) is 3. The van der Waals surface area contributed by atoms with E-state index in [0.717, 1.165) is 6.07 Å². The number of benzene rings is 1. The first-order valence-electron chi connectivity index (χ1n) is 8.97. The second kappa shape index (κ2) is 7.50. The Morgan fingerprint density at radius 3 is 2.48 bits per heavy atom. The van der Waals surface area contributed by atoms with Crippen LogP contribution >= 0.6 is 23.2 Å². The molecule has 3 aromatic rings. The van der Waals surface area contributed by atoms with Crippen molar-refractivity contribution in [2.75, 3.05) is 20.1 Å².